The molecule has 0 bridgehead atoms. The lowest BCUT2D eigenvalue weighted by atomic mass is 10.0. The van der Waals surface area contributed by atoms with Crippen molar-refractivity contribution in [3.63, 3.8) is 0 Å². The first-order chi connectivity index (χ1) is 17.0. The van der Waals surface area contributed by atoms with E-state index >= 15 is 0 Å². The molecule has 0 heterocycles. The smallest absolute Gasteiger partial charge is 0.326 e. The van der Waals surface area contributed by atoms with Crippen molar-refractivity contribution in [2.24, 2.45) is 17.4 Å². The van der Waals surface area contributed by atoms with Crippen molar-refractivity contribution >= 4 is 23.7 Å². The summed E-state index contributed by atoms with van der Waals surface area (Å²) in [5, 5.41) is 26.9. The predicted octanol–water partition coefficient (Wildman–Crippen LogP) is -0.349. The first-order valence-corrected chi connectivity index (χ1v) is 12.3. The van der Waals surface area contributed by atoms with E-state index in [1.807, 2.05) is 19.9 Å². The number of amides is 3. The Balaban J connectivity index is 3.10. The molecule has 9 N–H and O–H groups in total. The number of benzene rings is 1. The van der Waals surface area contributed by atoms with E-state index in [2.05, 4.69) is 16.0 Å². The first kappa shape index (κ1) is 31.0. The van der Waals surface area contributed by atoms with Crippen LogP contribution in [0.25, 0.3) is 0 Å². The van der Waals surface area contributed by atoms with E-state index < -0.39 is 54.0 Å². The number of aliphatic hydroxyl groups is 1. The zero-order valence-corrected chi connectivity index (χ0v) is 21.3. The van der Waals surface area contributed by atoms with Gasteiger partial charge in [0.15, 0.2) is 0 Å². The minimum Gasteiger partial charge on any atom is -0.480 e. The molecule has 3 amide bonds. The summed E-state index contributed by atoms with van der Waals surface area (Å²) in [5.41, 5.74) is 12.1. The Hall–Kier alpha value is -3.02. The SMILES string of the molecule is CC(C)CC(NC(=O)C(CCCCN)NC(=O)C(Cc1ccccc1)NC(=O)C(N)C(C)O)C(=O)O. The van der Waals surface area contributed by atoms with Crippen LogP contribution in [0.4, 0.5) is 0 Å². The number of carbonyl (C=O) groups is 4. The molecule has 0 aliphatic heterocycles. The van der Waals surface area contributed by atoms with Crippen LogP contribution in [-0.2, 0) is 25.6 Å². The quantitative estimate of drug-likeness (QED) is 0.147. The Labute approximate surface area is 212 Å². The Morgan fingerprint density at radius 2 is 1.42 bits per heavy atom. The van der Waals surface area contributed by atoms with Crippen LogP contribution >= 0.6 is 0 Å². The van der Waals surface area contributed by atoms with E-state index in [1.165, 1.54) is 6.92 Å². The zero-order chi connectivity index (χ0) is 27.3. The Kier molecular flexibility index (Phi) is 13.7. The highest BCUT2D eigenvalue weighted by molar-refractivity contribution is 5.94. The lowest BCUT2D eigenvalue weighted by Crippen LogP contribution is -2.58. The summed E-state index contributed by atoms with van der Waals surface area (Å²) in [6, 6.07) is 4.51. The van der Waals surface area contributed by atoms with Gasteiger partial charge in [0.05, 0.1) is 6.10 Å². The highest BCUT2D eigenvalue weighted by Gasteiger charge is 2.31. The third-order valence-electron chi connectivity index (χ3n) is 5.64. The number of aliphatic hydroxyl groups excluding tert-OH is 1. The van der Waals surface area contributed by atoms with Gasteiger partial charge in [0, 0.05) is 6.42 Å². The van der Waals surface area contributed by atoms with Crippen LogP contribution in [-0.4, -0.2) is 70.7 Å². The van der Waals surface area contributed by atoms with Crippen molar-refractivity contribution in [2.45, 2.75) is 83.1 Å². The molecule has 1 aromatic rings. The number of carboxylic acids is 1. The molecule has 5 unspecified atom stereocenters. The number of hydrogen-bond donors (Lipinski definition) is 7. The Morgan fingerprint density at radius 1 is 0.861 bits per heavy atom. The van der Waals surface area contributed by atoms with E-state index in [4.69, 9.17) is 11.5 Å². The van der Waals surface area contributed by atoms with Crippen molar-refractivity contribution in [1.29, 1.82) is 0 Å². The molecule has 5 atom stereocenters. The summed E-state index contributed by atoms with van der Waals surface area (Å²) in [6.45, 7) is 5.45. The molecule has 0 fully saturated rings. The van der Waals surface area contributed by atoms with Gasteiger partial charge in [0.2, 0.25) is 17.7 Å². The number of carboxylic acid groups (broad SMARTS) is 1. The van der Waals surface area contributed by atoms with Gasteiger partial charge in [-0.1, -0.05) is 44.2 Å². The molecule has 0 radical (unpaired) electrons. The van der Waals surface area contributed by atoms with Crippen LogP contribution in [0.2, 0.25) is 0 Å². The molecule has 0 saturated carbocycles. The van der Waals surface area contributed by atoms with Gasteiger partial charge in [0.1, 0.15) is 24.2 Å². The molecule has 0 aromatic heterocycles. The topological polar surface area (TPSA) is 197 Å². The summed E-state index contributed by atoms with van der Waals surface area (Å²) < 4.78 is 0. The van der Waals surface area contributed by atoms with Crippen LogP contribution in [0.1, 0.15) is 52.0 Å². The van der Waals surface area contributed by atoms with Crippen molar-refractivity contribution in [1.82, 2.24) is 16.0 Å². The minimum atomic E-state index is -1.24. The van der Waals surface area contributed by atoms with Gasteiger partial charge in [-0.3, -0.25) is 14.4 Å². The second kappa shape index (κ2) is 15.9. The highest BCUT2D eigenvalue weighted by atomic mass is 16.4. The van der Waals surface area contributed by atoms with Gasteiger partial charge in [0.25, 0.3) is 0 Å². The van der Waals surface area contributed by atoms with E-state index in [9.17, 15) is 29.4 Å². The third-order valence-corrected chi connectivity index (χ3v) is 5.64. The highest BCUT2D eigenvalue weighted by Crippen LogP contribution is 2.09. The zero-order valence-electron chi connectivity index (χ0n) is 21.3. The van der Waals surface area contributed by atoms with Gasteiger partial charge < -0.3 is 37.6 Å². The molecule has 1 aromatic carbocycles. The lowest BCUT2D eigenvalue weighted by Gasteiger charge is -2.26. The number of aliphatic carboxylic acids is 1. The molecular formula is C25H41N5O6. The van der Waals surface area contributed by atoms with E-state index in [0.29, 0.717) is 19.4 Å². The number of rotatable bonds is 16. The van der Waals surface area contributed by atoms with Gasteiger partial charge in [-0.2, -0.15) is 0 Å². The normalized spacial score (nSPS) is 15.3. The minimum absolute atomic E-state index is 0.0280. The van der Waals surface area contributed by atoms with Gasteiger partial charge in [-0.25, -0.2) is 4.79 Å². The van der Waals surface area contributed by atoms with Crippen molar-refractivity contribution in [3.8, 4) is 0 Å². The summed E-state index contributed by atoms with van der Waals surface area (Å²) in [5.74, 6) is -3.11. The molecule has 36 heavy (non-hydrogen) atoms. The number of nitrogens with two attached hydrogens (primary N) is 2. The third kappa shape index (κ3) is 11.1. The first-order valence-electron chi connectivity index (χ1n) is 12.3. The summed E-state index contributed by atoms with van der Waals surface area (Å²) in [4.78, 5) is 50.4. The fourth-order valence-corrected chi connectivity index (χ4v) is 3.55. The summed E-state index contributed by atoms with van der Waals surface area (Å²) >= 11 is 0. The maximum atomic E-state index is 13.3. The predicted molar refractivity (Wildman–Crippen MR) is 136 cm³/mol. The van der Waals surface area contributed by atoms with E-state index in [1.54, 1.807) is 24.3 Å². The molecule has 0 aliphatic rings. The average molecular weight is 508 g/mol. The molecule has 202 valence electrons. The number of unbranched alkanes of at least 4 members (excludes halogenated alkanes) is 1. The average Bonchev–Trinajstić information content (AvgIpc) is 2.82. The number of carbonyl (C=O) groups excluding carboxylic acids is 3. The fraction of sp³-hybridized carbons (Fsp3) is 0.600. The van der Waals surface area contributed by atoms with Crippen LogP contribution in [0, 0.1) is 5.92 Å². The van der Waals surface area contributed by atoms with Crippen LogP contribution in [0.3, 0.4) is 0 Å². The standard InChI is InChI=1S/C25H41N5O6/c1-15(2)13-20(25(35)36)30-22(32)18(11-7-8-12-26)28-23(33)19(14-17-9-5-4-6-10-17)29-24(34)21(27)16(3)31/h4-6,9-10,15-16,18-21,31H,7-8,11-14,26-27H2,1-3H3,(H,28,33)(H,29,34)(H,30,32)(H,35,36). The van der Waals surface area contributed by atoms with Crippen molar-refractivity contribution in [2.75, 3.05) is 6.54 Å². The van der Waals surface area contributed by atoms with Gasteiger partial charge >= 0.3 is 5.97 Å². The largest absolute Gasteiger partial charge is 0.480 e. The second-order valence-electron chi connectivity index (χ2n) is 9.39. The van der Waals surface area contributed by atoms with Gasteiger partial charge in [-0.05, 0) is 50.6 Å². The summed E-state index contributed by atoms with van der Waals surface area (Å²) in [7, 11) is 0. The van der Waals surface area contributed by atoms with Crippen LogP contribution < -0.4 is 27.4 Å². The molecule has 0 saturated heterocycles. The van der Waals surface area contributed by atoms with Gasteiger partial charge in [-0.15, -0.1) is 0 Å². The van der Waals surface area contributed by atoms with Crippen molar-refractivity contribution in [3.05, 3.63) is 35.9 Å². The number of nitrogens with one attached hydrogen (secondary N) is 3. The lowest BCUT2D eigenvalue weighted by molar-refractivity contribution is -0.143. The Bertz CT molecular complexity index is 849. The Morgan fingerprint density at radius 3 is 1.94 bits per heavy atom. The monoisotopic (exact) mass is 507 g/mol. The molecule has 1 rings (SSSR count). The fourth-order valence-electron chi connectivity index (χ4n) is 3.55. The van der Waals surface area contributed by atoms with E-state index in [0.717, 1.165) is 5.56 Å². The van der Waals surface area contributed by atoms with E-state index in [-0.39, 0.29) is 25.2 Å². The summed E-state index contributed by atoms with van der Waals surface area (Å²) in [6.07, 6.45) is 0.596. The molecule has 0 spiro atoms. The maximum absolute atomic E-state index is 13.3. The van der Waals surface area contributed by atoms with Crippen LogP contribution in [0.15, 0.2) is 30.3 Å². The second-order valence-corrected chi connectivity index (χ2v) is 9.39. The molecule has 0 aliphatic carbocycles. The molecular weight excluding hydrogens is 466 g/mol. The maximum Gasteiger partial charge on any atom is 0.326 e. The van der Waals surface area contributed by atoms with Crippen LogP contribution in [0.5, 0.6) is 0 Å². The molecule has 11 heteroatoms. The number of hydrogen-bond acceptors (Lipinski definition) is 7. The van der Waals surface area contributed by atoms with Crippen molar-refractivity contribution < 1.29 is 29.4 Å². The molecule has 11 nitrogen and oxygen atoms in total.